The van der Waals surface area contributed by atoms with Crippen molar-refractivity contribution in [1.29, 1.82) is 0 Å². The third-order valence-corrected chi connectivity index (χ3v) is 3.75. The first-order chi connectivity index (χ1) is 11.0. The summed E-state index contributed by atoms with van der Waals surface area (Å²) in [5.74, 6) is -0.331. The highest BCUT2D eigenvalue weighted by Gasteiger charge is 2.08. The van der Waals surface area contributed by atoms with Crippen molar-refractivity contribution in [3.05, 3.63) is 54.3 Å². The number of thiocarbonyl (C=S) groups is 1. The van der Waals surface area contributed by atoms with Gasteiger partial charge >= 0.3 is 0 Å². The Morgan fingerprint density at radius 2 is 1.74 bits per heavy atom. The van der Waals surface area contributed by atoms with E-state index in [1.165, 1.54) is 11.8 Å². The first-order valence-corrected chi connectivity index (χ1v) is 8.11. The molecular weight excluding hydrogens is 309 g/mol. The number of benzene rings is 2. The minimum Gasteiger partial charge on any atom is -0.369 e. The number of anilines is 3. The summed E-state index contributed by atoms with van der Waals surface area (Å²) in [5.41, 5.74) is 2.39. The maximum absolute atomic E-state index is 13.6. The molecule has 0 atom stereocenters. The maximum atomic E-state index is 13.6. The van der Waals surface area contributed by atoms with Crippen molar-refractivity contribution in [2.75, 3.05) is 22.1 Å². The molecule has 0 spiro atoms. The first kappa shape index (κ1) is 17.2. The van der Waals surface area contributed by atoms with E-state index in [9.17, 15) is 4.39 Å². The van der Waals surface area contributed by atoms with E-state index >= 15 is 0 Å². The molecule has 2 rings (SSSR count). The molecule has 0 aromatic heterocycles. The molecule has 0 aliphatic heterocycles. The van der Waals surface area contributed by atoms with E-state index in [1.807, 2.05) is 12.1 Å². The monoisotopic (exact) mass is 331 g/mol. The van der Waals surface area contributed by atoms with Gasteiger partial charge in [0.05, 0.1) is 5.69 Å². The molecule has 0 aliphatic rings. The Kier molecular flexibility index (Phi) is 5.93. The number of halogens is 1. The van der Waals surface area contributed by atoms with E-state index in [1.54, 1.807) is 18.2 Å². The van der Waals surface area contributed by atoms with Crippen molar-refractivity contribution in [3.8, 4) is 0 Å². The normalized spacial score (nSPS) is 10.5. The SMILES string of the molecule is CCN(c1ccc(NC(=S)Nc2ccccc2F)cc1)C(C)C. The molecule has 5 heteroatoms. The van der Waals surface area contributed by atoms with E-state index in [0.717, 1.165) is 12.2 Å². The summed E-state index contributed by atoms with van der Waals surface area (Å²) in [6, 6.07) is 14.9. The van der Waals surface area contributed by atoms with Gasteiger partial charge in [0.25, 0.3) is 0 Å². The van der Waals surface area contributed by atoms with Crippen molar-refractivity contribution in [2.45, 2.75) is 26.8 Å². The molecule has 0 unspecified atom stereocenters. The second-order valence-electron chi connectivity index (χ2n) is 5.49. The third kappa shape index (κ3) is 4.66. The van der Waals surface area contributed by atoms with Crippen molar-refractivity contribution < 1.29 is 4.39 Å². The molecule has 0 heterocycles. The molecule has 3 nitrogen and oxygen atoms in total. The zero-order valence-electron chi connectivity index (χ0n) is 13.6. The molecular formula is C18H22FN3S. The predicted octanol–water partition coefficient (Wildman–Crippen LogP) is 4.87. The van der Waals surface area contributed by atoms with Crippen molar-refractivity contribution >= 4 is 34.4 Å². The van der Waals surface area contributed by atoms with Crippen LogP contribution in [-0.2, 0) is 0 Å². The Hall–Kier alpha value is -2.14. The number of hydrogen-bond donors (Lipinski definition) is 2. The van der Waals surface area contributed by atoms with Gasteiger partial charge in [-0.3, -0.25) is 0 Å². The standard InChI is InChI=1S/C18H22FN3S/c1-4-22(13(2)3)15-11-9-14(10-12-15)20-18(23)21-17-8-6-5-7-16(17)19/h5-13H,4H2,1-3H3,(H2,20,21,23). The maximum Gasteiger partial charge on any atom is 0.175 e. The summed E-state index contributed by atoms with van der Waals surface area (Å²) < 4.78 is 13.6. The van der Waals surface area contributed by atoms with Crippen molar-refractivity contribution in [3.63, 3.8) is 0 Å². The van der Waals surface area contributed by atoms with Crippen LogP contribution >= 0.6 is 12.2 Å². The molecule has 0 amide bonds. The largest absolute Gasteiger partial charge is 0.369 e. The molecule has 0 saturated carbocycles. The van der Waals surface area contributed by atoms with Crippen LogP contribution in [0, 0.1) is 5.82 Å². The van der Waals surface area contributed by atoms with Gasteiger partial charge in [0.1, 0.15) is 5.82 Å². The molecule has 2 N–H and O–H groups in total. The van der Waals surface area contributed by atoms with Crippen molar-refractivity contribution in [1.82, 2.24) is 0 Å². The predicted molar refractivity (Wildman–Crippen MR) is 101 cm³/mol. The number of nitrogens with zero attached hydrogens (tertiary/aromatic N) is 1. The van der Waals surface area contributed by atoms with Gasteiger partial charge in [-0.2, -0.15) is 0 Å². The van der Waals surface area contributed by atoms with Gasteiger partial charge in [-0.25, -0.2) is 4.39 Å². The summed E-state index contributed by atoms with van der Waals surface area (Å²) >= 11 is 5.23. The van der Waals surface area contributed by atoms with E-state index in [2.05, 4.69) is 48.4 Å². The highest BCUT2D eigenvalue weighted by molar-refractivity contribution is 7.80. The third-order valence-electron chi connectivity index (χ3n) is 3.54. The molecule has 2 aromatic rings. The number of para-hydroxylation sites is 1. The average molecular weight is 331 g/mol. The van der Waals surface area contributed by atoms with Crippen LogP contribution in [0.4, 0.5) is 21.5 Å². The summed E-state index contributed by atoms with van der Waals surface area (Å²) in [6.07, 6.45) is 0. The van der Waals surface area contributed by atoms with Crippen LogP contribution in [0.15, 0.2) is 48.5 Å². The van der Waals surface area contributed by atoms with E-state index < -0.39 is 0 Å². The van der Waals surface area contributed by atoms with Crippen LogP contribution in [0.25, 0.3) is 0 Å². The fraction of sp³-hybridized carbons (Fsp3) is 0.278. The van der Waals surface area contributed by atoms with Crippen molar-refractivity contribution in [2.24, 2.45) is 0 Å². The van der Waals surface area contributed by atoms with Crippen LogP contribution in [0.3, 0.4) is 0 Å². The lowest BCUT2D eigenvalue weighted by molar-refractivity contribution is 0.632. The van der Waals surface area contributed by atoms with Gasteiger partial charge in [0.15, 0.2) is 5.11 Å². The Morgan fingerprint density at radius 3 is 2.30 bits per heavy atom. The Balaban J connectivity index is 2.00. The van der Waals surface area contributed by atoms with Gasteiger partial charge in [0.2, 0.25) is 0 Å². The smallest absolute Gasteiger partial charge is 0.175 e. The average Bonchev–Trinajstić information content (AvgIpc) is 2.51. The van der Waals surface area contributed by atoms with Gasteiger partial charge < -0.3 is 15.5 Å². The minimum atomic E-state index is -0.331. The molecule has 0 radical (unpaired) electrons. The number of nitrogens with one attached hydrogen (secondary N) is 2. The highest BCUT2D eigenvalue weighted by Crippen LogP contribution is 2.20. The molecule has 0 fully saturated rings. The van der Waals surface area contributed by atoms with E-state index in [4.69, 9.17) is 12.2 Å². The van der Waals surface area contributed by atoms with E-state index in [0.29, 0.717) is 16.8 Å². The fourth-order valence-electron chi connectivity index (χ4n) is 2.43. The summed E-state index contributed by atoms with van der Waals surface area (Å²) in [7, 11) is 0. The van der Waals surface area contributed by atoms with Crippen LogP contribution in [0.2, 0.25) is 0 Å². The molecule has 23 heavy (non-hydrogen) atoms. The molecule has 2 aromatic carbocycles. The molecule has 0 aliphatic carbocycles. The zero-order valence-corrected chi connectivity index (χ0v) is 14.5. The summed E-state index contributed by atoms with van der Waals surface area (Å²) in [4.78, 5) is 2.31. The first-order valence-electron chi connectivity index (χ1n) is 7.70. The molecule has 0 saturated heterocycles. The van der Waals surface area contributed by atoms with Crippen LogP contribution in [0.1, 0.15) is 20.8 Å². The molecule has 122 valence electrons. The van der Waals surface area contributed by atoms with Crippen LogP contribution in [-0.4, -0.2) is 17.7 Å². The minimum absolute atomic E-state index is 0.331. The van der Waals surface area contributed by atoms with Gasteiger partial charge in [-0.15, -0.1) is 0 Å². The second-order valence-corrected chi connectivity index (χ2v) is 5.89. The Bertz CT molecular complexity index is 656. The fourth-order valence-corrected chi connectivity index (χ4v) is 2.66. The lowest BCUT2D eigenvalue weighted by Crippen LogP contribution is -2.30. The summed E-state index contributed by atoms with van der Waals surface area (Å²) in [5, 5.41) is 6.29. The topological polar surface area (TPSA) is 27.3 Å². The summed E-state index contributed by atoms with van der Waals surface area (Å²) in [6.45, 7) is 7.43. The second kappa shape index (κ2) is 7.92. The van der Waals surface area contributed by atoms with Crippen LogP contribution < -0.4 is 15.5 Å². The number of rotatable bonds is 5. The van der Waals surface area contributed by atoms with Gasteiger partial charge in [0, 0.05) is 24.0 Å². The Morgan fingerprint density at radius 1 is 1.09 bits per heavy atom. The van der Waals surface area contributed by atoms with Crippen LogP contribution in [0.5, 0.6) is 0 Å². The van der Waals surface area contributed by atoms with E-state index in [-0.39, 0.29) is 5.82 Å². The van der Waals surface area contributed by atoms with Gasteiger partial charge in [-0.05, 0) is 69.4 Å². The number of hydrogen-bond acceptors (Lipinski definition) is 2. The Labute approximate surface area is 142 Å². The quantitative estimate of drug-likeness (QED) is 0.765. The lowest BCUT2D eigenvalue weighted by atomic mass is 10.2. The highest BCUT2D eigenvalue weighted by atomic mass is 32.1. The molecule has 0 bridgehead atoms. The van der Waals surface area contributed by atoms with Gasteiger partial charge in [-0.1, -0.05) is 12.1 Å². The zero-order chi connectivity index (χ0) is 16.8. The lowest BCUT2D eigenvalue weighted by Gasteiger charge is -2.27.